The van der Waals surface area contributed by atoms with E-state index in [4.69, 9.17) is 10.5 Å². The average molecular weight is 286 g/mol. The Morgan fingerprint density at radius 1 is 1.11 bits per heavy atom. The van der Waals surface area contributed by atoms with Crippen LogP contribution in [0, 0.1) is 0 Å². The molecule has 2 nitrogen and oxygen atoms in total. The van der Waals surface area contributed by atoms with Crippen LogP contribution >= 0.6 is 12.4 Å². The molecule has 0 unspecified atom stereocenters. The largest absolute Gasteiger partial charge is 0.488 e. The summed E-state index contributed by atoms with van der Waals surface area (Å²) in [5.41, 5.74) is 7.23. The maximum absolute atomic E-state index is 6.17. The summed E-state index contributed by atoms with van der Waals surface area (Å²) in [6.45, 7) is 8.37. The molecule has 1 aromatic rings. The van der Waals surface area contributed by atoms with Gasteiger partial charge >= 0.3 is 0 Å². The third kappa shape index (κ3) is 7.44. The molecular weight excluding hydrogens is 258 g/mol. The molecule has 19 heavy (non-hydrogen) atoms. The van der Waals surface area contributed by atoms with E-state index in [-0.39, 0.29) is 24.0 Å². The van der Waals surface area contributed by atoms with Gasteiger partial charge in [-0.05, 0) is 44.9 Å². The number of halogens is 1. The molecule has 0 fully saturated rings. The Labute approximate surface area is 124 Å². The van der Waals surface area contributed by atoms with Gasteiger partial charge in [-0.3, -0.25) is 0 Å². The molecule has 3 heteroatoms. The Morgan fingerprint density at radius 3 is 2.16 bits per heavy atom. The van der Waals surface area contributed by atoms with E-state index >= 15 is 0 Å². The number of rotatable bonds is 6. The molecular formula is C16H28ClNO. The minimum Gasteiger partial charge on any atom is -0.488 e. The van der Waals surface area contributed by atoms with Crippen molar-refractivity contribution in [2.45, 2.75) is 65.0 Å². The lowest BCUT2D eigenvalue weighted by Gasteiger charge is -2.21. The molecule has 0 spiro atoms. The lowest BCUT2D eigenvalue weighted by Crippen LogP contribution is -2.22. The van der Waals surface area contributed by atoms with Gasteiger partial charge < -0.3 is 10.5 Å². The summed E-state index contributed by atoms with van der Waals surface area (Å²) in [4.78, 5) is 0. The lowest BCUT2D eigenvalue weighted by atomic mass is 10.0. The fourth-order valence-corrected chi connectivity index (χ4v) is 1.92. The van der Waals surface area contributed by atoms with E-state index in [0.29, 0.717) is 0 Å². The smallest absolute Gasteiger partial charge is 0.120 e. The summed E-state index contributed by atoms with van der Waals surface area (Å²) in [6, 6.07) is 8.34. The molecule has 0 radical (unpaired) electrons. The predicted molar refractivity (Wildman–Crippen MR) is 85.1 cm³/mol. The third-order valence-electron chi connectivity index (χ3n) is 2.85. The number of benzene rings is 1. The van der Waals surface area contributed by atoms with Crippen LogP contribution in [0.1, 0.15) is 65.0 Å². The monoisotopic (exact) mass is 285 g/mol. The van der Waals surface area contributed by atoms with Crippen LogP contribution in [0.2, 0.25) is 0 Å². The van der Waals surface area contributed by atoms with Gasteiger partial charge in [0, 0.05) is 6.04 Å². The van der Waals surface area contributed by atoms with Gasteiger partial charge in [0.25, 0.3) is 0 Å². The van der Waals surface area contributed by atoms with Crippen molar-refractivity contribution in [3.63, 3.8) is 0 Å². The number of hydrogen-bond donors (Lipinski definition) is 1. The Kier molecular flexibility index (Phi) is 8.12. The summed E-state index contributed by atoms with van der Waals surface area (Å²) in [5.74, 6) is 0.909. The highest BCUT2D eigenvalue weighted by Crippen LogP contribution is 2.22. The van der Waals surface area contributed by atoms with E-state index in [0.717, 1.165) is 12.2 Å². The number of nitrogens with two attached hydrogens (primary N) is 1. The molecule has 0 aliphatic rings. The number of unbranched alkanes of at least 4 members (excludes halogenated alkanes) is 2. The minimum absolute atomic E-state index is 0. The Bertz CT molecular complexity index is 343. The molecule has 1 rings (SSSR count). The van der Waals surface area contributed by atoms with Crippen LogP contribution in [-0.4, -0.2) is 5.60 Å². The van der Waals surface area contributed by atoms with E-state index in [9.17, 15) is 0 Å². The van der Waals surface area contributed by atoms with Crippen LogP contribution in [0.3, 0.4) is 0 Å². The van der Waals surface area contributed by atoms with Gasteiger partial charge in [-0.15, -0.1) is 12.4 Å². The highest BCUT2D eigenvalue weighted by molar-refractivity contribution is 5.85. The first-order valence-corrected chi connectivity index (χ1v) is 6.97. The molecule has 2 N–H and O–H groups in total. The number of hydrogen-bond acceptors (Lipinski definition) is 2. The molecule has 1 atom stereocenters. The van der Waals surface area contributed by atoms with Crippen molar-refractivity contribution >= 4 is 12.4 Å². The Balaban J connectivity index is 0.00000324. The van der Waals surface area contributed by atoms with E-state index < -0.39 is 0 Å². The van der Waals surface area contributed by atoms with E-state index in [2.05, 4.69) is 39.8 Å². The van der Waals surface area contributed by atoms with Crippen LogP contribution in [-0.2, 0) is 0 Å². The fourth-order valence-electron chi connectivity index (χ4n) is 1.92. The second-order valence-corrected chi connectivity index (χ2v) is 5.89. The zero-order valence-corrected chi connectivity index (χ0v) is 13.4. The standard InChI is InChI=1S/C16H27NO.ClH/c1-5-6-7-8-15(17)13-9-11-14(12-10-13)18-16(2,3)4;/h9-12,15H,5-8,17H2,1-4H3;1H/t15-;/m1./s1. The fraction of sp³-hybridized carbons (Fsp3) is 0.625. The average Bonchev–Trinajstić information content (AvgIpc) is 2.28. The first-order valence-electron chi connectivity index (χ1n) is 6.97. The molecule has 0 saturated carbocycles. The summed E-state index contributed by atoms with van der Waals surface area (Å²) in [6.07, 6.45) is 4.77. The van der Waals surface area contributed by atoms with Crippen LogP contribution in [0.15, 0.2) is 24.3 Å². The second kappa shape index (κ2) is 8.44. The zero-order valence-electron chi connectivity index (χ0n) is 12.6. The first-order chi connectivity index (χ1) is 8.42. The number of ether oxygens (including phenoxy) is 1. The summed E-state index contributed by atoms with van der Waals surface area (Å²) < 4.78 is 5.79. The minimum atomic E-state index is -0.148. The highest BCUT2D eigenvalue weighted by Gasteiger charge is 2.12. The van der Waals surface area contributed by atoms with Gasteiger partial charge in [0.1, 0.15) is 11.4 Å². The van der Waals surface area contributed by atoms with Crippen molar-refractivity contribution in [2.24, 2.45) is 5.73 Å². The highest BCUT2D eigenvalue weighted by atomic mass is 35.5. The van der Waals surface area contributed by atoms with Gasteiger partial charge in [-0.2, -0.15) is 0 Å². The zero-order chi connectivity index (χ0) is 13.6. The molecule has 0 bridgehead atoms. The van der Waals surface area contributed by atoms with Crippen LogP contribution in [0.25, 0.3) is 0 Å². The van der Waals surface area contributed by atoms with Crippen molar-refractivity contribution in [2.75, 3.05) is 0 Å². The molecule has 0 heterocycles. The quantitative estimate of drug-likeness (QED) is 0.757. The van der Waals surface area contributed by atoms with Crippen molar-refractivity contribution in [1.82, 2.24) is 0 Å². The molecule has 0 aliphatic heterocycles. The molecule has 0 amide bonds. The van der Waals surface area contributed by atoms with Crippen molar-refractivity contribution in [3.05, 3.63) is 29.8 Å². The predicted octanol–water partition coefficient (Wildman–Crippen LogP) is 4.87. The lowest BCUT2D eigenvalue weighted by molar-refractivity contribution is 0.131. The maximum atomic E-state index is 6.17. The second-order valence-electron chi connectivity index (χ2n) is 5.89. The third-order valence-corrected chi connectivity index (χ3v) is 2.85. The van der Waals surface area contributed by atoms with E-state index in [1.54, 1.807) is 0 Å². The van der Waals surface area contributed by atoms with Gasteiger partial charge in [-0.1, -0.05) is 38.3 Å². The first kappa shape index (κ1) is 18.3. The van der Waals surface area contributed by atoms with Crippen LogP contribution < -0.4 is 10.5 Å². The molecule has 0 aliphatic carbocycles. The SMILES string of the molecule is CCCCC[C@@H](N)c1ccc(OC(C)(C)C)cc1.Cl. The van der Waals surface area contributed by atoms with Gasteiger partial charge in [-0.25, -0.2) is 0 Å². The molecule has 0 aromatic heterocycles. The van der Waals surface area contributed by atoms with Gasteiger partial charge in [0.15, 0.2) is 0 Å². The van der Waals surface area contributed by atoms with E-state index in [1.807, 2.05) is 12.1 Å². The Morgan fingerprint density at radius 2 is 1.68 bits per heavy atom. The summed E-state index contributed by atoms with van der Waals surface area (Å²) in [5, 5.41) is 0. The normalized spacial score (nSPS) is 12.7. The van der Waals surface area contributed by atoms with E-state index in [1.165, 1.54) is 24.8 Å². The maximum Gasteiger partial charge on any atom is 0.120 e. The summed E-state index contributed by atoms with van der Waals surface area (Å²) in [7, 11) is 0. The summed E-state index contributed by atoms with van der Waals surface area (Å²) >= 11 is 0. The molecule has 1 aromatic carbocycles. The Hall–Kier alpha value is -0.730. The van der Waals surface area contributed by atoms with Crippen molar-refractivity contribution in [1.29, 1.82) is 0 Å². The van der Waals surface area contributed by atoms with Crippen LogP contribution in [0.5, 0.6) is 5.75 Å². The van der Waals surface area contributed by atoms with Crippen molar-refractivity contribution in [3.8, 4) is 5.75 Å². The van der Waals surface area contributed by atoms with Gasteiger partial charge in [0.2, 0.25) is 0 Å². The van der Waals surface area contributed by atoms with Crippen molar-refractivity contribution < 1.29 is 4.74 Å². The van der Waals surface area contributed by atoms with Gasteiger partial charge in [0.05, 0.1) is 0 Å². The molecule has 0 saturated heterocycles. The molecule has 110 valence electrons. The van der Waals surface area contributed by atoms with Crippen LogP contribution in [0.4, 0.5) is 0 Å². The topological polar surface area (TPSA) is 35.2 Å².